The molecule has 34 heavy (non-hydrogen) atoms. The molecule has 0 aliphatic carbocycles. The van der Waals surface area contributed by atoms with Gasteiger partial charge in [-0.2, -0.15) is 4.31 Å². The smallest absolute Gasteiger partial charge is 0.247 e. The van der Waals surface area contributed by atoms with Crippen molar-refractivity contribution in [1.82, 2.24) is 9.29 Å². The molecule has 2 aromatic carbocycles. The van der Waals surface area contributed by atoms with Crippen molar-refractivity contribution >= 4 is 26.5 Å². The number of hydrogen-bond acceptors (Lipinski definition) is 7. The molecule has 3 aromatic rings. The van der Waals surface area contributed by atoms with E-state index in [9.17, 15) is 8.42 Å². The first-order valence-corrected chi connectivity index (χ1v) is 13.5. The molecule has 1 saturated heterocycles. The number of ether oxygens (including phenoxy) is 2. The number of thiazole rings is 1. The highest BCUT2D eigenvalue weighted by Crippen LogP contribution is 2.32. The molecule has 1 fully saturated rings. The minimum absolute atomic E-state index is 0.128. The second-order valence-electron chi connectivity index (χ2n) is 8.58. The van der Waals surface area contributed by atoms with Gasteiger partial charge in [0, 0.05) is 44.0 Å². The Hall–Kier alpha value is -2.62. The Morgan fingerprint density at radius 2 is 1.65 bits per heavy atom. The van der Waals surface area contributed by atoms with Crippen LogP contribution in [0.15, 0.2) is 40.6 Å². The summed E-state index contributed by atoms with van der Waals surface area (Å²) in [6, 6.07) is 9.26. The van der Waals surface area contributed by atoms with Gasteiger partial charge in [-0.1, -0.05) is 17.7 Å². The van der Waals surface area contributed by atoms with E-state index in [0.29, 0.717) is 37.7 Å². The van der Waals surface area contributed by atoms with E-state index in [0.717, 1.165) is 17.2 Å². The molecule has 7 nitrogen and oxygen atoms in total. The number of piperazine rings is 1. The summed E-state index contributed by atoms with van der Waals surface area (Å²) < 4.78 is 38.7. The summed E-state index contributed by atoms with van der Waals surface area (Å²) in [6.07, 6.45) is 0.804. The average Bonchev–Trinajstić information content (AvgIpc) is 3.29. The van der Waals surface area contributed by atoms with Gasteiger partial charge in [0.15, 0.2) is 5.13 Å². The summed E-state index contributed by atoms with van der Waals surface area (Å²) in [5, 5.41) is 3.05. The molecule has 1 aromatic heterocycles. The third-order valence-electron chi connectivity index (χ3n) is 6.24. The molecule has 4 rings (SSSR count). The standard InChI is InChI=1S/C25H31N3O4S2/c1-17-12-18(2)22(19(3)13-17)14-20-16-33-25(26-20)27-8-10-28(11-9-27)34(29,30)24-15-21(31-4)6-7-23(24)32-5/h6-7,12-13,15-16H,8-11,14H2,1-5H3. The van der Waals surface area contributed by atoms with Gasteiger partial charge in [0.25, 0.3) is 0 Å². The summed E-state index contributed by atoms with van der Waals surface area (Å²) in [7, 11) is -0.722. The molecular formula is C25H31N3O4S2. The molecule has 0 bridgehead atoms. The predicted octanol–water partition coefficient (Wildman–Crippen LogP) is 4.19. The quantitative estimate of drug-likeness (QED) is 0.484. The Morgan fingerprint density at radius 1 is 0.971 bits per heavy atom. The van der Waals surface area contributed by atoms with Crippen molar-refractivity contribution in [3.63, 3.8) is 0 Å². The zero-order chi connectivity index (χ0) is 24.5. The maximum absolute atomic E-state index is 13.3. The predicted molar refractivity (Wildman–Crippen MR) is 136 cm³/mol. The lowest BCUT2D eigenvalue weighted by Gasteiger charge is -2.34. The molecule has 0 spiro atoms. The normalized spacial score (nSPS) is 14.9. The Balaban J connectivity index is 1.45. The van der Waals surface area contributed by atoms with Crippen molar-refractivity contribution in [1.29, 1.82) is 0 Å². The molecule has 0 atom stereocenters. The summed E-state index contributed by atoms with van der Waals surface area (Å²) in [5.41, 5.74) is 6.23. The zero-order valence-electron chi connectivity index (χ0n) is 20.3. The van der Waals surface area contributed by atoms with Crippen LogP contribution in [0, 0.1) is 20.8 Å². The van der Waals surface area contributed by atoms with Crippen molar-refractivity contribution in [2.75, 3.05) is 45.3 Å². The minimum Gasteiger partial charge on any atom is -0.497 e. The third-order valence-corrected chi connectivity index (χ3v) is 9.11. The first kappa shape index (κ1) is 24.5. The van der Waals surface area contributed by atoms with Gasteiger partial charge in [-0.15, -0.1) is 11.3 Å². The fraction of sp³-hybridized carbons (Fsp3) is 0.400. The molecule has 2 heterocycles. The molecule has 9 heteroatoms. The van der Waals surface area contributed by atoms with Crippen LogP contribution in [0.25, 0.3) is 0 Å². The topological polar surface area (TPSA) is 72.0 Å². The Kier molecular flexibility index (Phi) is 7.16. The van der Waals surface area contributed by atoms with Crippen molar-refractivity contribution in [3.05, 3.63) is 63.7 Å². The molecule has 182 valence electrons. The summed E-state index contributed by atoms with van der Waals surface area (Å²) in [6.45, 7) is 8.36. The van der Waals surface area contributed by atoms with Gasteiger partial charge < -0.3 is 14.4 Å². The molecule has 0 radical (unpaired) electrons. The maximum atomic E-state index is 13.3. The van der Waals surface area contributed by atoms with Crippen LogP contribution in [-0.4, -0.2) is 58.1 Å². The maximum Gasteiger partial charge on any atom is 0.247 e. The van der Waals surface area contributed by atoms with E-state index in [4.69, 9.17) is 14.5 Å². The van der Waals surface area contributed by atoms with Gasteiger partial charge in [-0.05, 0) is 49.6 Å². The number of methoxy groups -OCH3 is 2. The van der Waals surface area contributed by atoms with E-state index in [1.807, 2.05) is 0 Å². The molecule has 1 aliphatic rings. The summed E-state index contributed by atoms with van der Waals surface area (Å²) >= 11 is 1.62. The lowest BCUT2D eigenvalue weighted by atomic mass is 9.96. The van der Waals surface area contributed by atoms with E-state index in [1.54, 1.807) is 23.5 Å². The highest BCUT2D eigenvalue weighted by Gasteiger charge is 2.32. The van der Waals surface area contributed by atoms with Crippen LogP contribution >= 0.6 is 11.3 Å². The van der Waals surface area contributed by atoms with Crippen molar-refractivity contribution in [2.45, 2.75) is 32.1 Å². The fourth-order valence-electron chi connectivity index (χ4n) is 4.44. The van der Waals surface area contributed by atoms with Crippen molar-refractivity contribution < 1.29 is 17.9 Å². The molecule has 0 unspecified atom stereocenters. The van der Waals surface area contributed by atoms with Gasteiger partial charge in [0.05, 0.1) is 19.9 Å². The molecule has 0 amide bonds. The Morgan fingerprint density at radius 3 is 2.26 bits per heavy atom. The van der Waals surface area contributed by atoms with Crippen LogP contribution < -0.4 is 14.4 Å². The number of sulfonamides is 1. The van der Waals surface area contributed by atoms with Crippen LogP contribution in [-0.2, 0) is 16.4 Å². The van der Waals surface area contributed by atoms with E-state index in [2.05, 4.69) is 43.2 Å². The van der Waals surface area contributed by atoms with Crippen LogP contribution in [0.4, 0.5) is 5.13 Å². The van der Waals surface area contributed by atoms with Crippen LogP contribution in [0.1, 0.15) is 27.9 Å². The number of nitrogens with zero attached hydrogens (tertiary/aromatic N) is 3. The highest BCUT2D eigenvalue weighted by molar-refractivity contribution is 7.89. The second-order valence-corrected chi connectivity index (χ2v) is 11.3. The van der Waals surface area contributed by atoms with Crippen LogP contribution in [0.3, 0.4) is 0 Å². The number of rotatable bonds is 7. The van der Waals surface area contributed by atoms with Gasteiger partial charge in [0.2, 0.25) is 10.0 Å². The Bertz CT molecular complexity index is 1260. The van der Waals surface area contributed by atoms with Crippen LogP contribution in [0.5, 0.6) is 11.5 Å². The van der Waals surface area contributed by atoms with E-state index in [-0.39, 0.29) is 4.90 Å². The fourth-order valence-corrected chi connectivity index (χ4v) is 6.91. The number of benzene rings is 2. The number of anilines is 1. The van der Waals surface area contributed by atoms with E-state index >= 15 is 0 Å². The molecule has 1 aliphatic heterocycles. The number of aromatic nitrogens is 1. The van der Waals surface area contributed by atoms with E-state index < -0.39 is 10.0 Å². The molecule has 0 saturated carbocycles. The van der Waals surface area contributed by atoms with Gasteiger partial charge >= 0.3 is 0 Å². The van der Waals surface area contributed by atoms with Gasteiger partial charge in [-0.3, -0.25) is 0 Å². The Labute approximate surface area is 206 Å². The number of aryl methyl sites for hydroxylation is 3. The lowest BCUT2D eigenvalue weighted by molar-refractivity contribution is 0.370. The SMILES string of the molecule is COc1ccc(OC)c(S(=O)(=O)N2CCN(c3nc(Cc4c(C)cc(C)cc4C)cs3)CC2)c1. The largest absolute Gasteiger partial charge is 0.497 e. The van der Waals surface area contributed by atoms with Crippen molar-refractivity contribution in [3.8, 4) is 11.5 Å². The van der Waals surface area contributed by atoms with Gasteiger partial charge in [-0.25, -0.2) is 13.4 Å². The first-order valence-electron chi connectivity index (χ1n) is 11.2. The molecule has 0 N–H and O–H groups in total. The monoisotopic (exact) mass is 501 g/mol. The first-order chi connectivity index (χ1) is 16.2. The van der Waals surface area contributed by atoms with Crippen LogP contribution in [0.2, 0.25) is 0 Å². The summed E-state index contributed by atoms with van der Waals surface area (Å²) in [5.74, 6) is 0.793. The lowest BCUT2D eigenvalue weighted by Crippen LogP contribution is -2.48. The second kappa shape index (κ2) is 9.93. The summed E-state index contributed by atoms with van der Waals surface area (Å²) in [4.78, 5) is 7.16. The average molecular weight is 502 g/mol. The van der Waals surface area contributed by atoms with Crippen molar-refractivity contribution in [2.24, 2.45) is 0 Å². The van der Waals surface area contributed by atoms with E-state index in [1.165, 1.54) is 46.8 Å². The minimum atomic E-state index is -3.71. The molecular weight excluding hydrogens is 470 g/mol. The van der Waals surface area contributed by atoms with Gasteiger partial charge in [0.1, 0.15) is 16.4 Å². The number of hydrogen-bond donors (Lipinski definition) is 0. The highest BCUT2D eigenvalue weighted by atomic mass is 32.2. The third kappa shape index (κ3) is 4.92. The zero-order valence-corrected chi connectivity index (χ0v) is 21.9.